The molecule has 4 aromatic carbocycles. The van der Waals surface area contributed by atoms with Gasteiger partial charge in [-0.15, -0.1) is 0 Å². The molecule has 8 aromatic rings. The molecule has 0 saturated heterocycles. The molecule has 71 heavy (non-hydrogen) atoms. The van der Waals surface area contributed by atoms with Crippen molar-refractivity contribution in [2.24, 2.45) is 25.6 Å². The fourth-order valence-electron chi connectivity index (χ4n) is 7.88. The van der Waals surface area contributed by atoms with Crippen molar-refractivity contribution in [1.82, 2.24) is 29.1 Å². The van der Waals surface area contributed by atoms with Gasteiger partial charge in [-0.2, -0.15) is 26.3 Å². The zero-order valence-electron chi connectivity index (χ0n) is 38.8. The Morgan fingerprint density at radius 2 is 0.958 bits per heavy atom. The first-order valence-corrected chi connectivity index (χ1v) is 22.4. The van der Waals surface area contributed by atoms with Gasteiger partial charge in [-0.3, -0.25) is 28.7 Å². The molecule has 0 fully saturated rings. The molecule has 0 saturated carbocycles. The number of hydrogen-bond donors (Lipinski definition) is 4. The lowest BCUT2D eigenvalue weighted by atomic mass is 9.99. The van der Waals surface area contributed by atoms with Crippen LogP contribution >= 0.6 is 0 Å². The highest BCUT2D eigenvalue weighted by Crippen LogP contribution is 2.36. The number of pyridine rings is 2. The lowest BCUT2D eigenvalue weighted by molar-refractivity contribution is -0.138. The van der Waals surface area contributed by atoms with Crippen molar-refractivity contribution in [3.63, 3.8) is 0 Å². The number of nitrogens with one attached hydrogen (secondary N) is 2. The van der Waals surface area contributed by atoms with Crippen LogP contribution in [0.15, 0.2) is 162 Å². The van der Waals surface area contributed by atoms with Gasteiger partial charge in [0.2, 0.25) is 11.9 Å². The average molecular weight is 973 g/mol. The highest BCUT2D eigenvalue weighted by molar-refractivity contribution is 5.82. The summed E-state index contributed by atoms with van der Waals surface area (Å²) < 4.78 is 82.8. The number of alkyl halides is 6. The summed E-state index contributed by atoms with van der Waals surface area (Å²) >= 11 is 0. The Kier molecular flexibility index (Phi) is 15.9. The fourth-order valence-corrected chi connectivity index (χ4v) is 7.88. The van der Waals surface area contributed by atoms with E-state index in [4.69, 9.17) is 11.5 Å². The third kappa shape index (κ3) is 12.3. The Morgan fingerprint density at radius 1 is 0.535 bits per heavy atom. The number of aryl methyl sites for hydroxylation is 1. The van der Waals surface area contributed by atoms with E-state index in [9.17, 15) is 35.9 Å². The van der Waals surface area contributed by atoms with E-state index in [0.29, 0.717) is 43.0 Å². The minimum absolute atomic E-state index is 0.0799. The SMILES string of the molecule is Cc1ccccc1C(N)CCNc1nc(-c2ccncc2)c(-c2cccc(C(F)(F)F)c2)c(=O)n1C.Cn1c(NCCC(N)c2ccccc2)nc(-c2ccncc2)c(-c2cccc(C(F)(F)F)c2)c1=O. The van der Waals surface area contributed by atoms with E-state index >= 15 is 0 Å². The van der Waals surface area contributed by atoms with Gasteiger partial charge in [0.1, 0.15) is 0 Å². The number of benzene rings is 4. The maximum absolute atomic E-state index is 13.5. The first kappa shape index (κ1) is 50.9. The second-order valence-corrected chi connectivity index (χ2v) is 16.6. The lowest BCUT2D eigenvalue weighted by Crippen LogP contribution is -2.26. The molecule has 8 rings (SSSR count). The van der Waals surface area contributed by atoms with Gasteiger partial charge >= 0.3 is 12.4 Å². The van der Waals surface area contributed by atoms with Crippen molar-refractivity contribution >= 4 is 11.9 Å². The second kappa shape index (κ2) is 22.2. The first-order valence-electron chi connectivity index (χ1n) is 22.4. The van der Waals surface area contributed by atoms with Crippen LogP contribution in [0.4, 0.5) is 38.2 Å². The fraction of sp³-hybridized carbons (Fsp3) is 0.208. The van der Waals surface area contributed by atoms with Crippen LogP contribution in [0.1, 0.15) is 52.7 Å². The molecule has 2 atom stereocenters. The molecule has 12 nitrogen and oxygen atoms in total. The number of halogens is 6. The van der Waals surface area contributed by atoms with Gasteiger partial charge in [0.05, 0.1) is 33.6 Å². The Bertz CT molecular complexity index is 3200. The monoisotopic (exact) mass is 972 g/mol. The van der Waals surface area contributed by atoms with Crippen LogP contribution < -0.4 is 33.2 Å². The summed E-state index contributed by atoms with van der Waals surface area (Å²) in [7, 11) is 3.06. The molecule has 0 aliphatic carbocycles. The van der Waals surface area contributed by atoms with Gasteiger partial charge < -0.3 is 22.1 Å². The predicted molar refractivity (Wildman–Crippen MR) is 264 cm³/mol. The van der Waals surface area contributed by atoms with Crippen LogP contribution in [0.3, 0.4) is 0 Å². The summed E-state index contributed by atoms with van der Waals surface area (Å²) in [5.41, 5.74) is 15.3. The summed E-state index contributed by atoms with van der Waals surface area (Å²) in [5, 5.41) is 6.33. The van der Waals surface area contributed by atoms with E-state index in [0.717, 1.165) is 41.0 Å². The van der Waals surface area contributed by atoms with Crippen LogP contribution in [-0.2, 0) is 26.4 Å². The first-order chi connectivity index (χ1) is 33.9. The highest BCUT2D eigenvalue weighted by Gasteiger charge is 2.32. The molecule has 2 unspecified atom stereocenters. The van der Waals surface area contributed by atoms with Crippen molar-refractivity contribution in [1.29, 1.82) is 0 Å². The predicted octanol–water partition coefficient (Wildman–Crippen LogP) is 10.4. The number of nitrogens with two attached hydrogens (primary N) is 2. The summed E-state index contributed by atoms with van der Waals surface area (Å²) in [6.07, 6.45) is -1.75. The Morgan fingerprint density at radius 3 is 1.39 bits per heavy atom. The number of aromatic nitrogens is 6. The topological polar surface area (TPSA) is 172 Å². The van der Waals surface area contributed by atoms with Gasteiger partial charge in [0.25, 0.3) is 11.1 Å². The molecular weight excluding hydrogens is 923 g/mol. The van der Waals surface area contributed by atoms with Crippen molar-refractivity contribution in [3.05, 3.63) is 201 Å². The number of rotatable bonds is 14. The molecule has 0 bridgehead atoms. The number of anilines is 2. The highest BCUT2D eigenvalue weighted by atomic mass is 19.4. The van der Waals surface area contributed by atoms with Crippen molar-refractivity contribution in [2.45, 2.75) is 44.2 Å². The van der Waals surface area contributed by atoms with Crippen LogP contribution in [0.25, 0.3) is 44.8 Å². The average Bonchev–Trinajstić information content (AvgIpc) is 3.37. The quantitative estimate of drug-likeness (QED) is 0.0769. The van der Waals surface area contributed by atoms with Crippen LogP contribution in [-0.4, -0.2) is 42.2 Å². The van der Waals surface area contributed by atoms with E-state index in [2.05, 4.69) is 30.6 Å². The molecule has 6 N–H and O–H groups in total. The summed E-state index contributed by atoms with van der Waals surface area (Å²) in [5.74, 6) is 0.581. The second-order valence-electron chi connectivity index (χ2n) is 16.6. The maximum Gasteiger partial charge on any atom is 0.416 e. The third-order valence-corrected chi connectivity index (χ3v) is 11.7. The van der Waals surface area contributed by atoms with E-state index in [1.54, 1.807) is 36.7 Å². The van der Waals surface area contributed by atoms with Crippen molar-refractivity contribution < 1.29 is 26.3 Å². The van der Waals surface area contributed by atoms with Crippen molar-refractivity contribution in [3.8, 4) is 44.8 Å². The molecule has 0 spiro atoms. The normalized spacial score (nSPS) is 12.4. The molecule has 4 aromatic heterocycles. The van der Waals surface area contributed by atoms with E-state index in [1.807, 2.05) is 61.5 Å². The summed E-state index contributed by atoms with van der Waals surface area (Å²) in [4.78, 5) is 44.2. The Balaban J connectivity index is 0.000000209. The van der Waals surface area contributed by atoms with Gasteiger partial charge in [-0.25, -0.2) is 9.97 Å². The molecule has 366 valence electrons. The number of nitrogens with zero attached hydrogens (tertiary/aromatic N) is 6. The zero-order chi connectivity index (χ0) is 50.9. The lowest BCUT2D eigenvalue weighted by Gasteiger charge is -2.18. The zero-order valence-corrected chi connectivity index (χ0v) is 38.8. The standard InChI is InChI=1S/C27H26F3N5O.C26H24F3N5O/c1-17-6-3-4-9-21(17)22(31)12-15-33-26-34-24(18-10-13-32-14-11-18)23(25(36)35(26)2)19-7-5-8-20(16-19)27(28,29)30;1-34-24(35)22(19-8-5-9-20(16-19)26(27,28)29)23(18-10-13-31-14-11-18)33-25(34)32-15-12-21(30)17-6-3-2-4-7-17/h3-11,13-14,16,22H,12,15,31H2,1-2H3,(H,33,34);2-11,13-14,16,21H,12,15,30H2,1H3,(H,32,33). The largest absolute Gasteiger partial charge is 0.416 e. The molecular formula is C53H50F6N10O2. The Labute approximate surface area is 405 Å². The minimum Gasteiger partial charge on any atom is -0.355 e. The third-order valence-electron chi connectivity index (χ3n) is 11.7. The molecule has 0 aliphatic rings. The smallest absolute Gasteiger partial charge is 0.355 e. The van der Waals surface area contributed by atoms with Crippen LogP contribution in [0, 0.1) is 6.92 Å². The van der Waals surface area contributed by atoms with Crippen molar-refractivity contribution in [2.75, 3.05) is 23.7 Å². The summed E-state index contributed by atoms with van der Waals surface area (Å²) in [6.45, 7) is 2.88. The van der Waals surface area contributed by atoms with E-state index < -0.39 is 34.6 Å². The molecule has 0 radical (unpaired) electrons. The maximum atomic E-state index is 13.5. The van der Waals surface area contributed by atoms with Gasteiger partial charge in [-0.1, -0.05) is 78.9 Å². The molecule has 0 aliphatic heterocycles. The van der Waals surface area contributed by atoms with E-state index in [1.165, 1.54) is 59.9 Å². The minimum atomic E-state index is -4.54. The molecule has 0 amide bonds. The van der Waals surface area contributed by atoms with Crippen LogP contribution in [0.2, 0.25) is 0 Å². The van der Waals surface area contributed by atoms with E-state index in [-0.39, 0.29) is 51.7 Å². The van der Waals surface area contributed by atoms with Crippen LogP contribution in [0.5, 0.6) is 0 Å². The molecule has 18 heteroatoms. The van der Waals surface area contributed by atoms with Gasteiger partial charge in [0.15, 0.2) is 0 Å². The van der Waals surface area contributed by atoms with Gasteiger partial charge in [0, 0.05) is 75.2 Å². The number of hydrogen-bond acceptors (Lipinski definition) is 10. The van der Waals surface area contributed by atoms with Gasteiger partial charge in [-0.05, 0) is 96.1 Å². The Hall–Kier alpha value is -7.96. The molecule has 4 heterocycles. The summed E-state index contributed by atoms with van der Waals surface area (Å²) in [6, 6.07) is 33.2.